The molecule has 0 aromatic carbocycles. The highest BCUT2D eigenvalue weighted by atomic mass is 32.2. The number of amides is 1. The van der Waals surface area contributed by atoms with Gasteiger partial charge in [0.05, 0.1) is 5.69 Å². The van der Waals surface area contributed by atoms with E-state index in [2.05, 4.69) is 24.1 Å². The maximum absolute atomic E-state index is 12.0. The molecule has 6 nitrogen and oxygen atoms in total. The number of anilines is 2. The van der Waals surface area contributed by atoms with E-state index in [1.807, 2.05) is 0 Å². The number of nitrogens with one attached hydrogen (secondary N) is 2. The third-order valence-electron chi connectivity index (χ3n) is 3.31. The summed E-state index contributed by atoms with van der Waals surface area (Å²) in [6.45, 7) is 5.89. The predicted octanol–water partition coefficient (Wildman–Crippen LogP) is 1.47. The molecule has 1 aliphatic carbocycles. The predicted molar refractivity (Wildman–Crippen MR) is 85.6 cm³/mol. The number of carbonyl (C=O) groups excluding carboxylic acids is 1. The van der Waals surface area contributed by atoms with Gasteiger partial charge in [0.1, 0.15) is 14.8 Å². The van der Waals surface area contributed by atoms with Crippen LogP contribution in [0.3, 0.4) is 0 Å². The lowest BCUT2D eigenvalue weighted by Crippen LogP contribution is -2.23. The van der Waals surface area contributed by atoms with E-state index in [1.165, 1.54) is 0 Å². The van der Waals surface area contributed by atoms with Crippen molar-refractivity contribution in [1.29, 1.82) is 0 Å². The molecule has 1 fully saturated rings. The SMILES string of the molecule is C=CCNC(=O)c1sc(NC2CC2C)c(S(C)(=O)=O)c1N. The van der Waals surface area contributed by atoms with Crippen molar-refractivity contribution in [2.24, 2.45) is 5.92 Å². The molecule has 1 aliphatic rings. The lowest BCUT2D eigenvalue weighted by atomic mass is 10.3. The van der Waals surface area contributed by atoms with Gasteiger partial charge in [-0.25, -0.2) is 8.42 Å². The van der Waals surface area contributed by atoms with Crippen LogP contribution < -0.4 is 16.4 Å². The molecule has 1 aromatic heterocycles. The van der Waals surface area contributed by atoms with Crippen LogP contribution >= 0.6 is 11.3 Å². The molecule has 0 radical (unpaired) electrons. The number of sulfone groups is 1. The largest absolute Gasteiger partial charge is 0.396 e. The molecule has 2 rings (SSSR count). The molecule has 21 heavy (non-hydrogen) atoms. The number of hydrogen-bond donors (Lipinski definition) is 3. The first-order valence-electron chi connectivity index (χ1n) is 6.53. The molecular formula is C13H19N3O3S2. The second-order valence-electron chi connectivity index (χ2n) is 5.24. The zero-order valence-corrected chi connectivity index (χ0v) is 13.6. The first-order chi connectivity index (χ1) is 9.75. The maximum Gasteiger partial charge on any atom is 0.263 e. The molecule has 1 aromatic rings. The number of nitrogen functional groups attached to an aromatic ring is 1. The Balaban J connectivity index is 2.39. The molecule has 1 amide bonds. The van der Waals surface area contributed by atoms with Crippen LogP contribution in [0.4, 0.5) is 10.7 Å². The van der Waals surface area contributed by atoms with Crippen molar-refractivity contribution in [3.05, 3.63) is 17.5 Å². The summed E-state index contributed by atoms with van der Waals surface area (Å²) in [6, 6.07) is 0.243. The maximum atomic E-state index is 12.0. The standard InChI is InChI=1S/C13H19N3O3S2/c1-4-5-15-12(17)10-9(14)11(21(3,18)19)13(20-10)16-8-6-7(8)2/h4,7-8,16H,1,5-6,14H2,2-3H3,(H,15,17). The first kappa shape index (κ1) is 15.8. The van der Waals surface area contributed by atoms with Gasteiger partial charge in [-0.15, -0.1) is 17.9 Å². The van der Waals surface area contributed by atoms with Gasteiger partial charge < -0.3 is 16.4 Å². The van der Waals surface area contributed by atoms with Crippen molar-refractivity contribution < 1.29 is 13.2 Å². The van der Waals surface area contributed by atoms with E-state index in [0.717, 1.165) is 24.0 Å². The van der Waals surface area contributed by atoms with E-state index in [-0.39, 0.29) is 27.4 Å². The zero-order chi connectivity index (χ0) is 15.8. The summed E-state index contributed by atoms with van der Waals surface area (Å²) < 4.78 is 23.9. The number of hydrogen-bond acceptors (Lipinski definition) is 6. The van der Waals surface area contributed by atoms with Crippen LogP contribution in [0.2, 0.25) is 0 Å². The van der Waals surface area contributed by atoms with Crippen molar-refractivity contribution in [1.82, 2.24) is 5.32 Å². The molecule has 2 atom stereocenters. The Bertz CT molecular complexity index is 679. The Kier molecular flexibility index (Phi) is 4.29. The summed E-state index contributed by atoms with van der Waals surface area (Å²) >= 11 is 1.08. The number of rotatable bonds is 6. The molecule has 1 heterocycles. The lowest BCUT2D eigenvalue weighted by molar-refractivity contribution is 0.0963. The van der Waals surface area contributed by atoms with Gasteiger partial charge in [0.2, 0.25) is 0 Å². The van der Waals surface area contributed by atoms with Gasteiger partial charge in [0.25, 0.3) is 5.91 Å². The van der Waals surface area contributed by atoms with Crippen LogP contribution in [0.1, 0.15) is 23.0 Å². The van der Waals surface area contributed by atoms with E-state index in [9.17, 15) is 13.2 Å². The highest BCUT2D eigenvalue weighted by Crippen LogP contribution is 2.42. The fourth-order valence-corrected chi connectivity index (χ4v) is 4.53. The third-order valence-corrected chi connectivity index (χ3v) is 5.74. The molecule has 0 bridgehead atoms. The van der Waals surface area contributed by atoms with Crippen molar-refractivity contribution in [2.45, 2.75) is 24.3 Å². The number of nitrogens with two attached hydrogens (primary N) is 1. The molecule has 0 spiro atoms. The third kappa shape index (κ3) is 3.38. The van der Waals surface area contributed by atoms with E-state index in [0.29, 0.717) is 17.5 Å². The fourth-order valence-electron chi connectivity index (χ4n) is 2.00. The number of thiophene rings is 1. The van der Waals surface area contributed by atoms with Gasteiger partial charge >= 0.3 is 0 Å². The Morgan fingerprint density at radius 2 is 2.19 bits per heavy atom. The monoisotopic (exact) mass is 329 g/mol. The summed E-state index contributed by atoms with van der Waals surface area (Å²) in [4.78, 5) is 12.3. The summed E-state index contributed by atoms with van der Waals surface area (Å²) in [5, 5.41) is 6.23. The highest BCUT2D eigenvalue weighted by molar-refractivity contribution is 7.91. The Hall–Kier alpha value is -1.54. The average Bonchev–Trinajstić information content (AvgIpc) is 2.94. The van der Waals surface area contributed by atoms with Crippen LogP contribution in [0, 0.1) is 5.92 Å². The summed E-state index contributed by atoms with van der Waals surface area (Å²) in [5.74, 6) is 0.109. The lowest BCUT2D eigenvalue weighted by Gasteiger charge is -2.05. The molecule has 2 unspecified atom stereocenters. The molecular weight excluding hydrogens is 310 g/mol. The van der Waals surface area contributed by atoms with Crippen LogP contribution in [0.5, 0.6) is 0 Å². The minimum absolute atomic E-state index is 0.0138. The van der Waals surface area contributed by atoms with Gasteiger partial charge in [0, 0.05) is 18.8 Å². The van der Waals surface area contributed by atoms with Gasteiger partial charge in [-0.3, -0.25) is 4.79 Å². The van der Waals surface area contributed by atoms with Crippen LogP contribution in [0.25, 0.3) is 0 Å². The topological polar surface area (TPSA) is 101 Å². The van der Waals surface area contributed by atoms with Crippen LogP contribution in [0.15, 0.2) is 17.6 Å². The minimum Gasteiger partial charge on any atom is -0.396 e. The van der Waals surface area contributed by atoms with Crippen molar-refractivity contribution in [3.8, 4) is 0 Å². The van der Waals surface area contributed by atoms with Crippen molar-refractivity contribution >= 4 is 37.8 Å². The fraction of sp³-hybridized carbons (Fsp3) is 0.462. The summed E-state index contributed by atoms with van der Waals surface area (Å²) in [7, 11) is -3.51. The van der Waals surface area contributed by atoms with Crippen molar-refractivity contribution in [3.63, 3.8) is 0 Å². The average molecular weight is 329 g/mol. The molecule has 0 saturated heterocycles. The molecule has 1 saturated carbocycles. The van der Waals surface area contributed by atoms with Crippen LogP contribution in [-0.4, -0.2) is 33.2 Å². The Labute approximate surface area is 128 Å². The smallest absolute Gasteiger partial charge is 0.263 e. The van der Waals surface area contributed by atoms with Gasteiger partial charge in [-0.1, -0.05) is 13.0 Å². The second kappa shape index (κ2) is 5.69. The first-order valence-corrected chi connectivity index (χ1v) is 9.24. The highest BCUT2D eigenvalue weighted by Gasteiger charge is 2.35. The second-order valence-corrected chi connectivity index (χ2v) is 8.21. The van der Waals surface area contributed by atoms with E-state index >= 15 is 0 Å². The van der Waals surface area contributed by atoms with Crippen LogP contribution in [-0.2, 0) is 9.84 Å². The summed E-state index contributed by atoms with van der Waals surface area (Å²) in [5.41, 5.74) is 5.91. The van der Waals surface area contributed by atoms with Gasteiger partial charge in [-0.05, 0) is 12.3 Å². The summed E-state index contributed by atoms with van der Waals surface area (Å²) in [6.07, 6.45) is 3.63. The molecule has 116 valence electrons. The Morgan fingerprint density at radius 3 is 2.67 bits per heavy atom. The quantitative estimate of drug-likeness (QED) is 0.686. The van der Waals surface area contributed by atoms with Gasteiger partial charge in [0.15, 0.2) is 9.84 Å². The van der Waals surface area contributed by atoms with Crippen molar-refractivity contribution in [2.75, 3.05) is 23.9 Å². The Morgan fingerprint density at radius 1 is 1.57 bits per heavy atom. The minimum atomic E-state index is -3.51. The van der Waals surface area contributed by atoms with E-state index < -0.39 is 9.84 Å². The normalized spacial score (nSPS) is 20.9. The number of carbonyl (C=O) groups is 1. The molecule has 4 N–H and O–H groups in total. The molecule has 8 heteroatoms. The van der Waals surface area contributed by atoms with E-state index in [4.69, 9.17) is 5.73 Å². The van der Waals surface area contributed by atoms with Gasteiger partial charge in [-0.2, -0.15) is 0 Å². The zero-order valence-electron chi connectivity index (χ0n) is 12.0. The van der Waals surface area contributed by atoms with E-state index in [1.54, 1.807) is 6.08 Å². The molecule has 0 aliphatic heterocycles.